The molecule has 5 heteroatoms. The number of hydrazine groups is 1. The summed E-state index contributed by atoms with van der Waals surface area (Å²) in [6.07, 6.45) is 1.76. The first-order chi connectivity index (χ1) is 6.77. The van der Waals surface area contributed by atoms with E-state index in [4.69, 9.17) is 17.4 Å². The summed E-state index contributed by atoms with van der Waals surface area (Å²) < 4.78 is 0. The quantitative estimate of drug-likeness (QED) is 0.698. The van der Waals surface area contributed by atoms with Crippen LogP contribution in [0.25, 0.3) is 0 Å². The number of rotatable bonds is 1. The van der Waals surface area contributed by atoms with Gasteiger partial charge in [-0.1, -0.05) is 11.6 Å². The normalized spacial score (nSPS) is 18.6. The predicted octanol–water partition coefficient (Wildman–Crippen LogP) is 0.731. The van der Waals surface area contributed by atoms with Gasteiger partial charge in [0.2, 0.25) is 0 Å². The molecule has 0 saturated carbocycles. The van der Waals surface area contributed by atoms with Gasteiger partial charge in [-0.15, -0.1) is 0 Å². The summed E-state index contributed by atoms with van der Waals surface area (Å²) >= 11 is 6.04. The molecule has 2 rings (SSSR count). The maximum absolute atomic E-state index is 6.04. The Labute approximate surface area is 88.2 Å². The average Bonchev–Trinajstić information content (AvgIpc) is 2.20. The van der Waals surface area contributed by atoms with Gasteiger partial charge in [-0.2, -0.15) is 0 Å². The first-order valence-electron chi connectivity index (χ1n) is 4.62. The molecule has 0 aliphatic carbocycles. The van der Waals surface area contributed by atoms with Crippen LogP contribution in [0.2, 0.25) is 5.02 Å². The third-order valence-electron chi connectivity index (χ3n) is 2.35. The second-order valence-electron chi connectivity index (χ2n) is 3.33. The maximum Gasteiger partial charge on any atom is 0.147 e. The van der Waals surface area contributed by atoms with Gasteiger partial charge in [-0.05, 0) is 12.1 Å². The molecule has 0 aromatic carbocycles. The molecular weight excluding hydrogens is 200 g/mol. The molecule has 0 amide bonds. The molecule has 1 aromatic heterocycles. The van der Waals surface area contributed by atoms with Crippen molar-refractivity contribution in [3.8, 4) is 0 Å². The minimum Gasteiger partial charge on any atom is -0.353 e. The van der Waals surface area contributed by atoms with Crippen LogP contribution in [-0.4, -0.2) is 36.2 Å². The Morgan fingerprint density at radius 1 is 1.29 bits per heavy atom. The molecule has 76 valence electrons. The summed E-state index contributed by atoms with van der Waals surface area (Å²) in [5, 5.41) is 2.52. The lowest BCUT2D eigenvalue weighted by Gasteiger charge is -2.33. The van der Waals surface area contributed by atoms with Crippen LogP contribution in [-0.2, 0) is 0 Å². The second-order valence-corrected chi connectivity index (χ2v) is 3.74. The topological polar surface area (TPSA) is 45.4 Å². The fourth-order valence-corrected chi connectivity index (χ4v) is 1.78. The molecule has 1 saturated heterocycles. The van der Waals surface area contributed by atoms with Gasteiger partial charge in [-0.25, -0.2) is 9.99 Å². The van der Waals surface area contributed by atoms with E-state index < -0.39 is 0 Å². The molecule has 2 heterocycles. The largest absolute Gasteiger partial charge is 0.353 e. The number of anilines is 1. The Hall–Kier alpha value is -0.840. The van der Waals surface area contributed by atoms with Gasteiger partial charge in [0.05, 0.1) is 5.02 Å². The molecule has 2 N–H and O–H groups in total. The highest BCUT2D eigenvalue weighted by Crippen LogP contribution is 2.22. The van der Waals surface area contributed by atoms with Gasteiger partial charge < -0.3 is 4.90 Å². The zero-order valence-electron chi connectivity index (χ0n) is 7.86. The molecule has 1 aromatic rings. The first-order valence-corrected chi connectivity index (χ1v) is 5.00. The van der Waals surface area contributed by atoms with Gasteiger partial charge in [0.1, 0.15) is 5.82 Å². The lowest BCUT2D eigenvalue weighted by molar-refractivity contribution is 0.265. The maximum atomic E-state index is 6.04. The van der Waals surface area contributed by atoms with Crippen LogP contribution < -0.4 is 10.7 Å². The Balaban J connectivity index is 2.12. The Morgan fingerprint density at radius 2 is 2.00 bits per heavy atom. The van der Waals surface area contributed by atoms with Gasteiger partial charge in [0.25, 0.3) is 0 Å². The van der Waals surface area contributed by atoms with Crippen LogP contribution in [0.4, 0.5) is 5.82 Å². The smallest absolute Gasteiger partial charge is 0.147 e. The van der Waals surface area contributed by atoms with Crippen molar-refractivity contribution in [2.45, 2.75) is 0 Å². The molecular formula is C9H13ClN4. The van der Waals surface area contributed by atoms with E-state index in [2.05, 4.69) is 9.88 Å². The van der Waals surface area contributed by atoms with Crippen LogP contribution >= 0.6 is 11.6 Å². The Kier molecular flexibility index (Phi) is 2.86. The monoisotopic (exact) mass is 212 g/mol. The van der Waals surface area contributed by atoms with Crippen molar-refractivity contribution in [2.75, 3.05) is 31.1 Å². The Bertz CT molecular complexity index is 309. The van der Waals surface area contributed by atoms with Gasteiger partial charge >= 0.3 is 0 Å². The molecule has 14 heavy (non-hydrogen) atoms. The van der Waals surface area contributed by atoms with Gasteiger partial charge in [0.15, 0.2) is 0 Å². The van der Waals surface area contributed by atoms with Crippen molar-refractivity contribution in [1.82, 2.24) is 9.99 Å². The molecule has 0 bridgehead atoms. The molecule has 0 atom stereocenters. The van der Waals surface area contributed by atoms with E-state index in [-0.39, 0.29) is 0 Å². The number of aromatic nitrogens is 1. The lowest BCUT2D eigenvalue weighted by atomic mass is 10.3. The summed E-state index contributed by atoms with van der Waals surface area (Å²) in [4.78, 5) is 6.42. The van der Waals surface area contributed by atoms with E-state index in [1.165, 1.54) is 0 Å². The predicted molar refractivity (Wildman–Crippen MR) is 57.2 cm³/mol. The van der Waals surface area contributed by atoms with Gasteiger partial charge in [-0.3, -0.25) is 5.84 Å². The summed E-state index contributed by atoms with van der Waals surface area (Å²) in [6, 6.07) is 3.70. The number of hydrogen-bond acceptors (Lipinski definition) is 4. The molecule has 1 aliphatic rings. The fourth-order valence-electron chi connectivity index (χ4n) is 1.54. The minimum absolute atomic E-state index is 0.706. The lowest BCUT2D eigenvalue weighted by Crippen LogP contribution is -2.49. The SMILES string of the molecule is NN1CCN(c2ncccc2Cl)CC1. The average molecular weight is 213 g/mol. The van der Waals surface area contributed by atoms with E-state index in [1.807, 2.05) is 17.1 Å². The first kappa shape index (κ1) is 9.71. The molecule has 4 nitrogen and oxygen atoms in total. The Morgan fingerprint density at radius 3 is 2.64 bits per heavy atom. The highest BCUT2D eigenvalue weighted by Gasteiger charge is 2.17. The zero-order chi connectivity index (χ0) is 9.97. The number of piperazine rings is 1. The second kappa shape index (κ2) is 4.13. The fraction of sp³-hybridized carbons (Fsp3) is 0.444. The standard InChI is InChI=1S/C9H13ClN4/c10-8-2-1-3-12-9(8)13-4-6-14(11)7-5-13/h1-3H,4-7,11H2. The summed E-state index contributed by atoms with van der Waals surface area (Å²) in [7, 11) is 0. The van der Waals surface area contributed by atoms with Crippen molar-refractivity contribution >= 4 is 17.4 Å². The van der Waals surface area contributed by atoms with E-state index in [0.29, 0.717) is 5.02 Å². The summed E-state index contributed by atoms with van der Waals surface area (Å²) in [5.41, 5.74) is 0. The number of nitrogens with two attached hydrogens (primary N) is 1. The zero-order valence-corrected chi connectivity index (χ0v) is 8.61. The van der Waals surface area contributed by atoms with Crippen molar-refractivity contribution in [1.29, 1.82) is 0 Å². The highest BCUT2D eigenvalue weighted by atomic mass is 35.5. The third kappa shape index (κ3) is 1.97. The van der Waals surface area contributed by atoms with Crippen LogP contribution in [0.3, 0.4) is 0 Å². The molecule has 0 unspecified atom stereocenters. The van der Waals surface area contributed by atoms with Crippen molar-refractivity contribution in [3.05, 3.63) is 23.4 Å². The number of pyridine rings is 1. The number of nitrogens with zero attached hydrogens (tertiary/aromatic N) is 3. The highest BCUT2D eigenvalue weighted by molar-refractivity contribution is 6.32. The third-order valence-corrected chi connectivity index (χ3v) is 2.65. The van der Waals surface area contributed by atoms with E-state index in [1.54, 1.807) is 6.20 Å². The van der Waals surface area contributed by atoms with Crippen LogP contribution in [0.15, 0.2) is 18.3 Å². The van der Waals surface area contributed by atoms with Gasteiger partial charge in [0, 0.05) is 32.4 Å². The number of hydrogen-bond donors (Lipinski definition) is 1. The van der Waals surface area contributed by atoms with Crippen LogP contribution in [0, 0.1) is 0 Å². The van der Waals surface area contributed by atoms with Crippen LogP contribution in [0.1, 0.15) is 0 Å². The molecule has 0 radical (unpaired) electrons. The molecule has 1 fully saturated rings. The number of halogens is 1. The van der Waals surface area contributed by atoms with Crippen LogP contribution in [0.5, 0.6) is 0 Å². The van der Waals surface area contributed by atoms with Crippen molar-refractivity contribution in [3.63, 3.8) is 0 Å². The van der Waals surface area contributed by atoms with Crippen molar-refractivity contribution < 1.29 is 0 Å². The summed E-state index contributed by atoms with van der Waals surface area (Å²) in [6.45, 7) is 3.47. The molecule has 1 aliphatic heterocycles. The minimum atomic E-state index is 0.706. The van der Waals surface area contributed by atoms with E-state index >= 15 is 0 Å². The van der Waals surface area contributed by atoms with E-state index in [0.717, 1.165) is 32.0 Å². The van der Waals surface area contributed by atoms with E-state index in [9.17, 15) is 0 Å². The van der Waals surface area contributed by atoms with Crippen molar-refractivity contribution in [2.24, 2.45) is 5.84 Å². The summed E-state index contributed by atoms with van der Waals surface area (Å²) in [5.74, 6) is 6.53. The molecule has 0 spiro atoms.